The summed E-state index contributed by atoms with van der Waals surface area (Å²) in [4.78, 5) is 16.5. The first-order chi connectivity index (χ1) is 13.0. The average molecular weight is 388 g/mol. The maximum Gasteiger partial charge on any atom is 0.255 e. The van der Waals surface area contributed by atoms with Crippen LogP contribution in [0.25, 0.3) is 0 Å². The van der Waals surface area contributed by atoms with Gasteiger partial charge in [-0.25, -0.2) is 13.8 Å². The molecule has 0 aliphatic heterocycles. The maximum absolute atomic E-state index is 13.2. The van der Waals surface area contributed by atoms with Crippen molar-refractivity contribution in [3.8, 4) is 0 Å². The van der Waals surface area contributed by atoms with Crippen LogP contribution >= 0.6 is 11.6 Å². The van der Waals surface area contributed by atoms with Crippen LogP contribution in [0.1, 0.15) is 15.9 Å². The van der Waals surface area contributed by atoms with E-state index >= 15 is 0 Å². The number of aromatic nitrogens is 1. The highest BCUT2D eigenvalue weighted by Gasteiger charge is 2.09. The topological polar surface area (TPSA) is 54.0 Å². The van der Waals surface area contributed by atoms with Gasteiger partial charge in [-0.15, -0.1) is 0 Å². The molecule has 0 radical (unpaired) electrons. The largest absolute Gasteiger partial charge is 0.370 e. The molecule has 1 heterocycles. The number of rotatable bonds is 6. The summed E-state index contributed by atoms with van der Waals surface area (Å²) in [6.07, 6.45) is 2.25. The lowest BCUT2D eigenvalue weighted by atomic mass is 10.1. The molecular weight excluding hydrogens is 372 g/mol. The number of carbonyl (C=O) groups excluding carboxylic acids is 1. The Morgan fingerprint density at radius 3 is 2.67 bits per heavy atom. The Balaban J connectivity index is 1.60. The summed E-state index contributed by atoms with van der Waals surface area (Å²) in [5.41, 5.74) is 1.61. The molecule has 138 valence electrons. The fourth-order valence-corrected chi connectivity index (χ4v) is 2.69. The van der Waals surface area contributed by atoms with Gasteiger partial charge in [0.05, 0.1) is 0 Å². The number of carbonyl (C=O) groups is 1. The minimum absolute atomic E-state index is 0.172. The van der Waals surface area contributed by atoms with E-state index in [1.165, 1.54) is 18.3 Å². The van der Waals surface area contributed by atoms with Crippen LogP contribution in [-0.4, -0.2) is 17.4 Å². The fourth-order valence-electron chi connectivity index (χ4n) is 2.47. The molecule has 2 aromatic carbocycles. The molecule has 0 saturated heterocycles. The van der Waals surface area contributed by atoms with Gasteiger partial charge in [-0.1, -0.05) is 23.7 Å². The van der Waals surface area contributed by atoms with Crippen molar-refractivity contribution >= 4 is 29.0 Å². The van der Waals surface area contributed by atoms with E-state index in [1.807, 2.05) is 24.3 Å². The zero-order valence-corrected chi connectivity index (χ0v) is 14.9. The summed E-state index contributed by atoms with van der Waals surface area (Å²) in [6, 6.07) is 13.9. The summed E-state index contributed by atoms with van der Waals surface area (Å²) in [5, 5.41) is 6.35. The quantitative estimate of drug-likeness (QED) is 0.631. The number of anilines is 2. The number of hydrogen-bond acceptors (Lipinski definition) is 3. The molecule has 0 spiro atoms. The van der Waals surface area contributed by atoms with Crippen molar-refractivity contribution in [2.45, 2.75) is 6.42 Å². The number of nitrogens with zero attached hydrogens (tertiary/aromatic N) is 1. The molecule has 0 atom stereocenters. The predicted octanol–water partition coefficient (Wildman–Crippen LogP) is 4.92. The van der Waals surface area contributed by atoms with Gasteiger partial charge in [0.15, 0.2) is 11.6 Å². The van der Waals surface area contributed by atoms with E-state index in [0.29, 0.717) is 22.9 Å². The molecule has 0 aliphatic rings. The van der Waals surface area contributed by atoms with Crippen molar-refractivity contribution in [3.05, 3.63) is 88.6 Å². The summed E-state index contributed by atoms with van der Waals surface area (Å²) >= 11 is 5.96. The van der Waals surface area contributed by atoms with E-state index in [4.69, 9.17) is 11.6 Å². The van der Waals surface area contributed by atoms with Crippen LogP contribution < -0.4 is 10.6 Å². The zero-order valence-electron chi connectivity index (χ0n) is 14.2. The first kappa shape index (κ1) is 18.8. The van der Waals surface area contributed by atoms with Crippen LogP contribution in [-0.2, 0) is 6.42 Å². The van der Waals surface area contributed by atoms with Crippen molar-refractivity contribution in [3.63, 3.8) is 0 Å². The van der Waals surface area contributed by atoms with Gasteiger partial charge in [0.2, 0.25) is 0 Å². The molecule has 2 N–H and O–H groups in total. The molecule has 3 aromatic rings. The van der Waals surface area contributed by atoms with Gasteiger partial charge in [0.25, 0.3) is 5.91 Å². The SMILES string of the molecule is O=C(Nc1ccc(F)c(F)c1)c1ccnc(NCCc2cccc(Cl)c2)c1. The van der Waals surface area contributed by atoms with Crippen molar-refractivity contribution in [2.75, 3.05) is 17.2 Å². The van der Waals surface area contributed by atoms with E-state index in [9.17, 15) is 13.6 Å². The number of halogens is 3. The third-order valence-electron chi connectivity index (χ3n) is 3.81. The molecule has 3 rings (SSSR count). The predicted molar refractivity (Wildman–Crippen MR) is 102 cm³/mol. The second-order valence-electron chi connectivity index (χ2n) is 5.82. The fraction of sp³-hybridized carbons (Fsp3) is 0.100. The molecule has 1 aromatic heterocycles. The zero-order chi connectivity index (χ0) is 19.2. The van der Waals surface area contributed by atoms with Crippen LogP contribution in [0.5, 0.6) is 0 Å². The molecule has 0 bridgehead atoms. The van der Waals surface area contributed by atoms with Gasteiger partial charge < -0.3 is 10.6 Å². The van der Waals surface area contributed by atoms with Gasteiger partial charge in [-0.2, -0.15) is 0 Å². The Labute approximate surface area is 160 Å². The Bertz CT molecular complexity index is 965. The average Bonchev–Trinajstić information content (AvgIpc) is 2.65. The lowest BCUT2D eigenvalue weighted by Gasteiger charge is -2.09. The van der Waals surface area contributed by atoms with E-state index < -0.39 is 17.5 Å². The van der Waals surface area contributed by atoms with Crippen molar-refractivity contribution in [2.24, 2.45) is 0 Å². The van der Waals surface area contributed by atoms with Gasteiger partial charge in [-0.3, -0.25) is 4.79 Å². The number of amides is 1. The van der Waals surface area contributed by atoms with Crippen molar-refractivity contribution in [1.82, 2.24) is 4.98 Å². The van der Waals surface area contributed by atoms with Gasteiger partial charge in [-0.05, 0) is 48.4 Å². The normalized spacial score (nSPS) is 10.5. The molecule has 7 heteroatoms. The summed E-state index contributed by atoms with van der Waals surface area (Å²) in [5.74, 6) is -1.90. The minimum Gasteiger partial charge on any atom is -0.370 e. The number of hydrogen-bond donors (Lipinski definition) is 2. The Morgan fingerprint density at radius 2 is 1.89 bits per heavy atom. The first-order valence-corrected chi connectivity index (χ1v) is 8.60. The monoisotopic (exact) mass is 387 g/mol. The van der Waals surface area contributed by atoms with E-state index in [1.54, 1.807) is 6.07 Å². The molecule has 0 fully saturated rings. The number of benzene rings is 2. The third-order valence-corrected chi connectivity index (χ3v) is 4.04. The lowest BCUT2D eigenvalue weighted by molar-refractivity contribution is 0.102. The van der Waals surface area contributed by atoms with E-state index in [-0.39, 0.29) is 5.69 Å². The van der Waals surface area contributed by atoms with Crippen LogP contribution in [0.2, 0.25) is 5.02 Å². The maximum atomic E-state index is 13.2. The standard InChI is InChI=1S/C20H16ClF2N3O/c21-15-3-1-2-13(10-15)6-8-24-19-11-14(7-9-25-19)20(27)26-16-4-5-17(22)18(23)12-16/h1-5,7,9-12H,6,8H2,(H,24,25)(H,26,27). The van der Waals surface area contributed by atoms with Gasteiger partial charge >= 0.3 is 0 Å². The first-order valence-electron chi connectivity index (χ1n) is 8.22. The third kappa shape index (κ3) is 5.24. The minimum atomic E-state index is -1.02. The highest BCUT2D eigenvalue weighted by Crippen LogP contribution is 2.16. The van der Waals surface area contributed by atoms with E-state index in [0.717, 1.165) is 24.1 Å². The second kappa shape index (κ2) is 8.60. The van der Waals surface area contributed by atoms with Crippen LogP contribution in [0.15, 0.2) is 60.8 Å². The van der Waals surface area contributed by atoms with Gasteiger partial charge in [0, 0.05) is 35.1 Å². The Hall–Kier alpha value is -2.99. The number of pyridine rings is 1. The molecule has 4 nitrogen and oxygen atoms in total. The van der Waals surface area contributed by atoms with E-state index in [2.05, 4.69) is 15.6 Å². The Morgan fingerprint density at radius 1 is 1.04 bits per heavy atom. The van der Waals surface area contributed by atoms with Crippen molar-refractivity contribution < 1.29 is 13.6 Å². The summed E-state index contributed by atoms with van der Waals surface area (Å²) < 4.78 is 26.2. The van der Waals surface area contributed by atoms with Crippen molar-refractivity contribution in [1.29, 1.82) is 0 Å². The van der Waals surface area contributed by atoms with Gasteiger partial charge in [0.1, 0.15) is 5.82 Å². The highest BCUT2D eigenvalue weighted by atomic mass is 35.5. The summed E-state index contributed by atoms with van der Waals surface area (Å²) in [7, 11) is 0. The molecule has 0 saturated carbocycles. The summed E-state index contributed by atoms with van der Waals surface area (Å²) in [6.45, 7) is 0.613. The molecule has 27 heavy (non-hydrogen) atoms. The number of nitrogens with one attached hydrogen (secondary N) is 2. The molecule has 0 aliphatic carbocycles. The highest BCUT2D eigenvalue weighted by molar-refractivity contribution is 6.30. The second-order valence-corrected chi connectivity index (χ2v) is 6.26. The van der Waals surface area contributed by atoms with Crippen LogP contribution in [0, 0.1) is 11.6 Å². The molecule has 0 unspecified atom stereocenters. The van der Waals surface area contributed by atoms with Crippen LogP contribution in [0.4, 0.5) is 20.3 Å². The lowest BCUT2D eigenvalue weighted by Crippen LogP contribution is -2.13. The Kier molecular flexibility index (Phi) is 5.98. The smallest absolute Gasteiger partial charge is 0.255 e. The molecular formula is C20H16ClF2N3O. The van der Waals surface area contributed by atoms with Crippen LogP contribution in [0.3, 0.4) is 0 Å². The molecule has 1 amide bonds.